The highest BCUT2D eigenvalue weighted by Crippen LogP contribution is 2.22. The molecular formula is C20H30N2O7S. The van der Waals surface area contributed by atoms with Gasteiger partial charge in [-0.1, -0.05) is 30.3 Å². The Kier molecular flexibility index (Phi) is 8.36. The first-order valence-electron chi connectivity index (χ1n) is 9.73. The van der Waals surface area contributed by atoms with Gasteiger partial charge in [-0.3, -0.25) is 9.59 Å². The van der Waals surface area contributed by atoms with Gasteiger partial charge in [-0.2, -0.15) is 4.31 Å². The summed E-state index contributed by atoms with van der Waals surface area (Å²) < 4.78 is 32.6. The summed E-state index contributed by atoms with van der Waals surface area (Å²) in [4.78, 5) is 36.0. The zero-order valence-corrected chi connectivity index (χ0v) is 18.7. The van der Waals surface area contributed by atoms with Gasteiger partial charge in [0.25, 0.3) is 0 Å². The Labute approximate surface area is 177 Å². The van der Waals surface area contributed by atoms with Crippen molar-refractivity contribution in [2.24, 2.45) is 0 Å². The Morgan fingerprint density at radius 2 is 1.83 bits per heavy atom. The van der Waals surface area contributed by atoms with Gasteiger partial charge >= 0.3 is 5.97 Å². The average molecular weight is 443 g/mol. The Morgan fingerprint density at radius 1 is 1.17 bits per heavy atom. The minimum Gasteiger partial charge on any atom is -0.459 e. The molecule has 0 aromatic heterocycles. The fourth-order valence-corrected chi connectivity index (χ4v) is 4.94. The van der Waals surface area contributed by atoms with Crippen LogP contribution in [0.1, 0.15) is 32.8 Å². The second-order valence-electron chi connectivity index (χ2n) is 7.99. The predicted molar refractivity (Wildman–Crippen MR) is 110 cm³/mol. The lowest BCUT2D eigenvalue weighted by molar-refractivity contribution is -0.273. The van der Waals surface area contributed by atoms with Crippen LogP contribution in [0.2, 0.25) is 0 Å². The minimum absolute atomic E-state index is 0.0323. The molecule has 0 saturated carbocycles. The van der Waals surface area contributed by atoms with Crippen LogP contribution >= 0.6 is 0 Å². The van der Waals surface area contributed by atoms with E-state index in [0.717, 1.165) is 0 Å². The van der Waals surface area contributed by atoms with Gasteiger partial charge in [-0.25, -0.2) is 18.2 Å². The lowest BCUT2D eigenvalue weighted by Gasteiger charge is -2.39. The van der Waals surface area contributed by atoms with Crippen molar-refractivity contribution in [3.8, 4) is 0 Å². The highest BCUT2D eigenvalue weighted by Gasteiger charge is 2.41. The summed E-state index contributed by atoms with van der Waals surface area (Å²) in [6.07, 6.45) is 0.103. The standard InChI is InChI=1S/C20H30N2O7S/c1-20(2,3)29-18(23)14-21-11-12-22(17(19(21)24)10-13-28-27-4)30(25,26)15-16-8-6-5-7-9-16/h5-9,17H,10-15H2,1-4H3/t17-/m0/s1. The molecule has 1 heterocycles. The van der Waals surface area contributed by atoms with Gasteiger partial charge in [0.15, 0.2) is 0 Å². The molecule has 0 radical (unpaired) electrons. The smallest absolute Gasteiger partial charge is 0.326 e. The number of sulfonamides is 1. The van der Waals surface area contributed by atoms with Crippen LogP contribution in [0, 0.1) is 0 Å². The van der Waals surface area contributed by atoms with E-state index in [-0.39, 0.29) is 38.4 Å². The lowest BCUT2D eigenvalue weighted by atomic mass is 10.1. The molecule has 30 heavy (non-hydrogen) atoms. The molecule has 168 valence electrons. The first-order valence-corrected chi connectivity index (χ1v) is 11.3. The predicted octanol–water partition coefficient (Wildman–Crippen LogP) is 1.34. The molecule has 0 bridgehead atoms. The third kappa shape index (κ3) is 7.05. The number of carbonyl (C=O) groups excluding carboxylic acids is 2. The zero-order chi connectivity index (χ0) is 22.4. The van der Waals surface area contributed by atoms with Crippen molar-refractivity contribution in [2.75, 3.05) is 33.4 Å². The van der Waals surface area contributed by atoms with Crippen LogP contribution in [0.3, 0.4) is 0 Å². The Morgan fingerprint density at radius 3 is 2.43 bits per heavy atom. The van der Waals surface area contributed by atoms with Crippen molar-refractivity contribution >= 4 is 21.9 Å². The number of esters is 1. The first-order chi connectivity index (χ1) is 14.0. The van der Waals surface area contributed by atoms with Crippen LogP contribution in [0.4, 0.5) is 0 Å². The zero-order valence-electron chi connectivity index (χ0n) is 17.9. The van der Waals surface area contributed by atoms with E-state index < -0.39 is 33.5 Å². The van der Waals surface area contributed by atoms with Crippen LogP contribution < -0.4 is 0 Å². The van der Waals surface area contributed by atoms with Crippen LogP contribution in [0.5, 0.6) is 0 Å². The van der Waals surface area contributed by atoms with Crippen molar-refractivity contribution in [2.45, 2.75) is 44.6 Å². The molecule has 1 amide bonds. The third-order valence-electron chi connectivity index (χ3n) is 4.42. The number of rotatable bonds is 9. The largest absolute Gasteiger partial charge is 0.459 e. The third-order valence-corrected chi connectivity index (χ3v) is 6.27. The maximum atomic E-state index is 13.1. The molecule has 1 aliphatic heterocycles. The van der Waals surface area contributed by atoms with Crippen LogP contribution in [-0.2, 0) is 39.9 Å². The summed E-state index contributed by atoms with van der Waals surface area (Å²) in [5, 5.41) is 0. The molecule has 10 heteroatoms. The van der Waals surface area contributed by atoms with Crippen molar-refractivity contribution in [3.05, 3.63) is 35.9 Å². The Bertz CT molecular complexity index is 821. The summed E-state index contributed by atoms with van der Waals surface area (Å²) in [6.45, 7) is 5.22. The Hall–Kier alpha value is -2.01. The second kappa shape index (κ2) is 10.3. The van der Waals surface area contributed by atoms with E-state index in [1.165, 1.54) is 16.3 Å². The van der Waals surface area contributed by atoms with Crippen molar-refractivity contribution in [1.29, 1.82) is 0 Å². The van der Waals surface area contributed by atoms with Gasteiger partial charge in [0, 0.05) is 13.1 Å². The van der Waals surface area contributed by atoms with Gasteiger partial charge < -0.3 is 9.64 Å². The van der Waals surface area contributed by atoms with Crippen LogP contribution in [-0.4, -0.2) is 74.5 Å². The van der Waals surface area contributed by atoms with E-state index >= 15 is 0 Å². The fourth-order valence-electron chi connectivity index (χ4n) is 3.22. The van der Waals surface area contributed by atoms with E-state index in [9.17, 15) is 18.0 Å². The van der Waals surface area contributed by atoms with E-state index in [1.807, 2.05) is 0 Å². The second-order valence-corrected chi connectivity index (χ2v) is 9.91. The molecule has 1 aromatic carbocycles. The van der Waals surface area contributed by atoms with Crippen molar-refractivity contribution in [3.63, 3.8) is 0 Å². The summed E-state index contributed by atoms with van der Waals surface area (Å²) in [6, 6.07) is 7.80. The highest BCUT2D eigenvalue weighted by atomic mass is 32.2. The molecule has 1 atom stereocenters. The summed E-state index contributed by atoms with van der Waals surface area (Å²) in [5.41, 5.74) is -0.0415. The van der Waals surface area contributed by atoms with Gasteiger partial charge in [0.2, 0.25) is 15.9 Å². The summed E-state index contributed by atoms with van der Waals surface area (Å²) in [7, 11) is -2.43. The quantitative estimate of drug-likeness (QED) is 0.246. The monoisotopic (exact) mass is 442 g/mol. The fraction of sp³-hybridized carbons (Fsp3) is 0.600. The molecule has 1 aromatic rings. The van der Waals surface area contributed by atoms with Gasteiger partial charge in [0.05, 0.1) is 19.5 Å². The number of piperazine rings is 1. The normalized spacial score (nSPS) is 18.5. The topological polar surface area (TPSA) is 102 Å². The maximum absolute atomic E-state index is 13.1. The summed E-state index contributed by atoms with van der Waals surface area (Å²) >= 11 is 0. The van der Waals surface area contributed by atoms with Gasteiger partial charge in [0.1, 0.15) is 18.2 Å². The molecule has 0 unspecified atom stereocenters. The SMILES string of the molecule is COOCC[C@H]1C(=O)N(CC(=O)OC(C)(C)C)CCN1S(=O)(=O)Cc1ccccc1. The number of nitrogens with zero attached hydrogens (tertiary/aromatic N) is 2. The van der Waals surface area contributed by atoms with Crippen molar-refractivity contribution < 1.29 is 32.5 Å². The summed E-state index contributed by atoms with van der Waals surface area (Å²) in [5.74, 6) is -1.21. The van der Waals surface area contributed by atoms with Crippen LogP contribution in [0.25, 0.3) is 0 Å². The maximum Gasteiger partial charge on any atom is 0.326 e. The molecule has 1 saturated heterocycles. The number of benzene rings is 1. The molecule has 1 aliphatic rings. The molecule has 0 N–H and O–H groups in total. The molecule has 0 spiro atoms. The number of carbonyl (C=O) groups is 2. The minimum atomic E-state index is -3.76. The number of hydrogen-bond donors (Lipinski definition) is 0. The number of ether oxygens (including phenoxy) is 1. The average Bonchev–Trinajstić information content (AvgIpc) is 2.63. The van der Waals surface area contributed by atoms with Crippen molar-refractivity contribution in [1.82, 2.24) is 9.21 Å². The van der Waals surface area contributed by atoms with Crippen LogP contribution in [0.15, 0.2) is 30.3 Å². The number of hydrogen-bond acceptors (Lipinski definition) is 7. The van der Waals surface area contributed by atoms with E-state index in [2.05, 4.69) is 4.89 Å². The molecule has 2 rings (SSSR count). The molecular weight excluding hydrogens is 412 g/mol. The highest BCUT2D eigenvalue weighted by molar-refractivity contribution is 7.88. The van der Waals surface area contributed by atoms with E-state index in [0.29, 0.717) is 5.56 Å². The molecule has 9 nitrogen and oxygen atoms in total. The Balaban J connectivity index is 2.16. The number of amides is 1. The molecule has 0 aliphatic carbocycles. The van der Waals surface area contributed by atoms with E-state index in [4.69, 9.17) is 9.62 Å². The lowest BCUT2D eigenvalue weighted by Crippen LogP contribution is -2.60. The first kappa shape index (κ1) is 24.3. The van der Waals surface area contributed by atoms with Gasteiger partial charge in [-0.15, -0.1) is 0 Å². The van der Waals surface area contributed by atoms with Gasteiger partial charge in [-0.05, 0) is 32.8 Å². The molecule has 1 fully saturated rings. The van der Waals surface area contributed by atoms with E-state index in [1.54, 1.807) is 51.1 Å².